The van der Waals surface area contributed by atoms with Crippen LogP contribution in [0.25, 0.3) is 0 Å². The van der Waals surface area contributed by atoms with Gasteiger partial charge < -0.3 is 11.5 Å². The number of hydrogen-bond acceptors (Lipinski definition) is 3. The van der Waals surface area contributed by atoms with Gasteiger partial charge in [-0.05, 0) is 0 Å². The average Bonchev–Trinajstić information content (AvgIpc) is 2.48. The van der Waals surface area contributed by atoms with Gasteiger partial charge in [-0.3, -0.25) is 4.90 Å². The molecule has 0 bridgehead atoms. The first-order valence-corrected chi connectivity index (χ1v) is 3.02. The van der Waals surface area contributed by atoms with Crippen molar-refractivity contribution in [2.75, 3.05) is 26.2 Å². The second kappa shape index (κ2) is 2.44. The van der Waals surface area contributed by atoms with Gasteiger partial charge in [0, 0.05) is 32.2 Å². The monoisotopic (exact) mass is 115 g/mol. The summed E-state index contributed by atoms with van der Waals surface area (Å²) in [6.07, 6.45) is 0. The van der Waals surface area contributed by atoms with Gasteiger partial charge in [0.15, 0.2) is 0 Å². The molecule has 2 atom stereocenters. The zero-order valence-corrected chi connectivity index (χ0v) is 5.01. The fourth-order valence-corrected chi connectivity index (χ4v) is 0.887. The summed E-state index contributed by atoms with van der Waals surface area (Å²) in [5, 5.41) is 0. The number of nitrogens with zero attached hydrogens (tertiary/aromatic N) is 1. The minimum atomic E-state index is 0.651. The van der Waals surface area contributed by atoms with E-state index in [4.69, 9.17) is 11.5 Å². The molecule has 0 aliphatic carbocycles. The summed E-state index contributed by atoms with van der Waals surface area (Å²) in [5.74, 6) is 0. The van der Waals surface area contributed by atoms with Gasteiger partial charge in [0.2, 0.25) is 0 Å². The van der Waals surface area contributed by atoms with Gasteiger partial charge in [0.25, 0.3) is 0 Å². The Kier molecular flexibility index (Phi) is 1.83. The molecule has 1 heterocycles. The topological polar surface area (TPSA) is 55.0 Å². The Balaban J connectivity index is 1.99. The maximum Gasteiger partial charge on any atom is 0.0347 e. The first-order valence-electron chi connectivity index (χ1n) is 3.02. The lowest BCUT2D eigenvalue weighted by atomic mass is 10.5. The lowest BCUT2D eigenvalue weighted by Crippen LogP contribution is -2.18. The summed E-state index contributed by atoms with van der Waals surface area (Å²) in [6, 6.07) is 0.651. The SMILES string of the molecule is NCCN1CC1CN. The number of rotatable bonds is 3. The van der Waals surface area contributed by atoms with Gasteiger partial charge in [-0.1, -0.05) is 0 Å². The van der Waals surface area contributed by atoms with E-state index in [0.29, 0.717) is 6.04 Å². The van der Waals surface area contributed by atoms with Crippen LogP contribution in [-0.2, 0) is 0 Å². The van der Waals surface area contributed by atoms with E-state index in [1.54, 1.807) is 0 Å². The van der Waals surface area contributed by atoms with E-state index in [1.807, 2.05) is 0 Å². The Morgan fingerprint density at radius 3 is 2.62 bits per heavy atom. The summed E-state index contributed by atoms with van der Waals surface area (Å²) in [5.41, 5.74) is 10.7. The van der Waals surface area contributed by atoms with Crippen molar-refractivity contribution < 1.29 is 0 Å². The van der Waals surface area contributed by atoms with Crippen LogP contribution < -0.4 is 11.5 Å². The van der Waals surface area contributed by atoms with E-state index in [9.17, 15) is 0 Å². The smallest absolute Gasteiger partial charge is 0.0347 e. The molecule has 0 radical (unpaired) electrons. The second-order valence-corrected chi connectivity index (χ2v) is 2.17. The molecular weight excluding hydrogens is 102 g/mol. The predicted molar refractivity (Wildman–Crippen MR) is 33.5 cm³/mol. The molecule has 0 aromatic heterocycles. The van der Waals surface area contributed by atoms with Crippen LogP contribution in [0.4, 0.5) is 0 Å². The van der Waals surface area contributed by atoms with Crippen molar-refractivity contribution in [1.29, 1.82) is 0 Å². The highest BCUT2D eigenvalue weighted by molar-refractivity contribution is 4.89. The molecule has 0 spiro atoms. The largest absolute Gasteiger partial charge is 0.329 e. The maximum atomic E-state index is 5.37. The third kappa shape index (κ3) is 1.18. The molecule has 48 valence electrons. The highest BCUT2D eigenvalue weighted by atomic mass is 15.3. The molecule has 1 saturated heterocycles. The molecule has 8 heavy (non-hydrogen) atoms. The van der Waals surface area contributed by atoms with Crippen molar-refractivity contribution in [2.45, 2.75) is 6.04 Å². The number of hydrogen-bond donors (Lipinski definition) is 2. The van der Waals surface area contributed by atoms with Crippen LogP contribution >= 0.6 is 0 Å². The summed E-state index contributed by atoms with van der Waals surface area (Å²) >= 11 is 0. The zero-order chi connectivity index (χ0) is 5.98. The van der Waals surface area contributed by atoms with Crippen LogP contribution in [0.2, 0.25) is 0 Å². The molecule has 3 nitrogen and oxygen atoms in total. The van der Waals surface area contributed by atoms with E-state index in [-0.39, 0.29) is 0 Å². The van der Waals surface area contributed by atoms with Crippen molar-refractivity contribution in [3.8, 4) is 0 Å². The van der Waals surface area contributed by atoms with Crippen LogP contribution in [0.3, 0.4) is 0 Å². The van der Waals surface area contributed by atoms with Crippen molar-refractivity contribution >= 4 is 0 Å². The van der Waals surface area contributed by atoms with Gasteiger partial charge in [0.1, 0.15) is 0 Å². The molecule has 0 saturated carbocycles. The molecule has 3 heteroatoms. The first-order chi connectivity index (χ1) is 3.88. The third-order valence-electron chi connectivity index (χ3n) is 1.52. The Hall–Kier alpha value is -0.120. The van der Waals surface area contributed by atoms with Gasteiger partial charge in [0.05, 0.1) is 0 Å². The highest BCUT2D eigenvalue weighted by Crippen LogP contribution is 2.12. The van der Waals surface area contributed by atoms with Crippen LogP contribution in [0.1, 0.15) is 0 Å². The van der Waals surface area contributed by atoms with Gasteiger partial charge in [-0.15, -0.1) is 0 Å². The Morgan fingerprint density at radius 1 is 1.50 bits per heavy atom. The normalized spacial score (nSPS) is 35.2. The van der Waals surface area contributed by atoms with Crippen LogP contribution in [0.15, 0.2) is 0 Å². The van der Waals surface area contributed by atoms with E-state index in [2.05, 4.69) is 4.90 Å². The molecule has 0 aromatic carbocycles. The van der Waals surface area contributed by atoms with E-state index >= 15 is 0 Å². The fourth-order valence-electron chi connectivity index (χ4n) is 0.887. The minimum absolute atomic E-state index is 0.651. The number of nitrogens with two attached hydrogens (primary N) is 2. The molecular formula is C5H13N3. The Bertz CT molecular complexity index is 74.1. The summed E-state index contributed by atoms with van der Waals surface area (Å²) < 4.78 is 0. The second-order valence-electron chi connectivity index (χ2n) is 2.17. The standard InChI is InChI=1S/C5H13N3/c6-1-2-8-4-5(8)3-7/h5H,1-4,6-7H2. The summed E-state index contributed by atoms with van der Waals surface area (Å²) in [6.45, 7) is 3.73. The van der Waals surface area contributed by atoms with Crippen molar-refractivity contribution in [3.05, 3.63) is 0 Å². The van der Waals surface area contributed by atoms with Crippen LogP contribution in [-0.4, -0.2) is 37.1 Å². The molecule has 0 aromatic rings. The van der Waals surface area contributed by atoms with Gasteiger partial charge in [-0.25, -0.2) is 0 Å². The molecule has 2 unspecified atom stereocenters. The lowest BCUT2D eigenvalue weighted by molar-refractivity contribution is 0.518. The quantitative estimate of drug-likeness (QED) is 0.444. The molecule has 1 aliphatic rings. The van der Waals surface area contributed by atoms with Gasteiger partial charge in [-0.2, -0.15) is 0 Å². The predicted octanol–water partition coefficient (Wildman–Crippen LogP) is -1.41. The molecule has 1 aliphatic heterocycles. The van der Waals surface area contributed by atoms with E-state index in [1.165, 1.54) is 0 Å². The highest BCUT2D eigenvalue weighted by Gasteiger charge is 2.30. The Morgan fingerprint density at radius 2 is 2.25 bits per heavy atom. The van der Waals surface area contributed by atoms with Crippen molar-refractivity contribution in [1.82, 2.24) is 4.90 Å². The zero-order valence-electron chi connectivity index (χ0n) is 5.01. The van der Waals surface area contributed by atoms with E-state index < -0.39 is 0 Å². The summed E-state index contributed by atoms with van der Waals surface area (Å²) in [7, 11) is 0. The molecule has 0 amide bonds. The van der Waals surface area contributed by atoms with Crippen molar-refractivity contribution in [2.24, 2.45) is 11.5 Å². The fraction of sp³-hybridized carbons (Fsp3) is 1.00. The van der Waals surface area contributed by atoms with Crippen LogP contribution in [0.5, 0.6) is 0 Å². The summed E-state index contributed by atoms with van der Waals surface area (Å²) in [4.78, 5) is 2.28. The first kappa shape index (κ1) is 6.01. The third-order valence-corrected chi connectivity index (χ3v) is 1.52. The van der Waals surface area contributed by atoms with E-state index in [0.717, 1.165) is 26.2 Å². The molecule has 1 fully saturated rings. The maximum absolute atomic E-state index is 5.37. The molecule has 4 N–H and O–H groups in total. The Labute approximate surface area is 49.6 Å². The van der Waals surface area contributed by atoms with Gasteiger partial charge >= 0.3 is 0 Å². The molecule has 1 rings (SSSR count). The average molecular weight is 115 g/mol. The minimum Gasteiger partial charge on any atom is -0.329 e. The van der Waals surface area contributed by atoms with Crippen molar-refractivity contribution in [3.63, 3.8) is 0 Å². The lowest BCUT2D eigenvalue weighted by Gasteiger charge is -1.95. The van der Waals surface area contributed by atoms with Crippen LogP contribution in [0, 0.1) is 0 Å².